The van der Waals surface area contributed by atoms with Crippen molar-refractivity contribution in [2.75, 3.05) is 0 Å². The van der Waals surface area contributed by atoms with Crippen LogP contribution in [0.3, 0.4) is 0 Å². The average molecular weight is 366 g/mol. The Balaban J connectivity index is 2.27. The summed E-state index contributed by atoms with van der Waals surface area (Å²) < 4.78 is 0. The Morgan fingerprint density at radius 3 is 2.41 bits per heavy atom. The van der Waals surface area contributed by atoms with Gasteiger partial charge in [0.05, 0.1) is 5.97 Å². The number of benzene rings is 1. The van der Waals surface area contributed by atoms with Crippen LogP contribution in [-0.4, -0.2) is 5.97 Å². The number of carbonyl (C=O) groups is 1. The van der Waals surface area contributed by atoms with Crippen LogP contribution in [0.25, 0.3) is 0 Å². The quantitative estimate of drug-likeness (QED) is 0.536. The predicted octanol–water partition coefficient (Wildman–Crippen LogP) is 5.12. The molecule has 1 fully saturated rings. The molecule has 2 aliphatic rings. The molecule has 0 unspecified atom stereocenters. The van der Waals surface area contributed by atoms with Crippen molar-refractivity contribution in [3.8, 4) is 0 Å². The number of carbonyl (C=O) groups excluding carboxylic acids is 1. The summed E-state index contributed by atoms with van der Waals surface area (Å²) in [5.41, 5.74) is 3.04. The number of rotatable bonds is 5. The van der Waals surface area contributed by atoms with Crippen LogP contribution < -0.4 is 5.11 Å². The van der Waals surface area contributed by atoms with Gasteiger partial charge in [-0.15, -0.1) is 0 Å². The number of carboxylic acid groups (broad SMARTS) is 1. The van der Waals surface area contributed by atoms with E-state index in [1.807, 2.05) is 0 Å². The summed E-state index contributed by atoms with van der Waals surface area (Å²) in [6.07, 6.45) is 7.77. The van der Waals surface area contributed by atoms with Crippen molar-refractivity contribution in [1.82, 2.24) is 0 Å². The highest BCUT2D eigenvalue weighted by Gasteiger charge is 2.55. The maximum absolute atomic E-state index is 11.6. The Morgan fingerprint density at radius 1 is 1.19 bits per heavy atom. The van der Waals surface area contributed by atoms with Gasteiger partial charge in [0, 0.05) is 11.3 Å². The van der Waals surface area contributed by atoms with Crippen molar-refractivity contribution in [1.29, 1.82) is 0 Å². The van der Waals surface area contributed by atoms with E-state index in [2.05, 4.69) is 70.2 Å². The van der Waals surface area contributed by atoms with Gasteiger partial charge in [-0.2, -0.15) is 0 Å². The highest BCUT2D eigenvalue weighted by molar-refractivity contribution is 5.84. The molecule has 0 spiro atoms. The highest BCUT2D eigenvalue weighted by Crippen LogP contribution is 2.63. The van der Waals surface area contributed by atoms with Crippen molar-refractivity contribution < 1.29 is 9.90 Å². The van der Waals surface area contributed by atoms with Crippen LogP contribution in [0.4, 0.5) is 0 Å². The van der Waals surface area contributed by atoms with Gasteiger partial charge < -0.3 is 9.90 Å². The molecule has 146 valence electrons. The topological polar surface area (TPSA) is 40.1 Å². The zero-order valence-electron chi connectivity index (χ0n) is 17.4. The lowest BCUT2D eigenvalue weighted by Gasteiger charge is -2.51. The molecule has 2 aliphatic carbocycles. The highest BCUT2D eigenvalue weighted by atomic mass is 16.4. The second kappa shape index (κ2) is 7.66. The average Bonchev–Trinajstić information content (AvgIpc) is 2.97. The first-order valence-corrected chi connectivity index (χ1v) is 10.5. The fourth-order valence-electron chi connectivity index (χ4n) is 6.36. The second-order valence-electron chi connectivity index (χ2n) is 8.81. The Hall–Kier alpha value is -1.83. The van der Waals surface area contributed by atoms with Crippen molar-refractivity contribution >= 4 is 5.97 Å². The van der Waals surface area contributed by atoms with Gasteiger partial charge in [-0.1, -0.05) is 75.8 Å². The fraction of sp³-hybridized carbons (Fsp3) is 0.560. The van der Waals surface area contributed by atoms with Crippen LogP contribution >= 0.6 is 0 Å². The van der Waals surface area contributed by atoms with E-state index in [-0.39, 0.29) is 11.3 Å². The lowest BCUT2D eigenvalue weighted by Crippen LogP contribution is -2.44. The van der Waals surface area contributed by atoms with Gasteiger partial charge in [0.15, 0.2) is 0 Å². The van der Waals surface area contributed by atoms with Crippen molar-refractivity contribution in [3.63, 3.8) is 0 Å². The summed E-state index contributed by atoms with van der Waals surface area (Å²) in [7, 11) is 0. The summed E-state index contributed by atoms with van der Waals surface area (Å²) in [5, 5.41) is 11.6. The van der Waals surface area contributed by atoms with E-state index in [0.717, 1.165) is 12.8 Å². The molecule has 0 bridgehead atoms. The normalized spacial score (nSPS) is 36.3. The van der Waals surface area contributed by atoms with E-state index in [1.165, 1.54) is 12.0 Å². The summed E-state index contributed by atoms with van der Waals surface area (Å²) in [4.78, 5) is 11.6. The Morgan fingerprint density at radius 2 is 1.85 bits per heavy atom. The van der Waals surface area contributed by atoms with E-state index in [1.54, 1.807) is 12.5 Å². The van der Waals surface area contributed by atoms with Crippen LogP contribution in [0, 0.1) is 29.1 Å². The van der Waals surface area contributed by atoms with Crippen LogP contribution in [0.5, 0.6) is 0 Å². The Kier molecular flexibility index (Phi) is 5.65. The van der Waals surface area contributed by atoms with E-state index >= 15 is 0 Å². The summed E-state index contributed by atoms with van der Waals surface area (Å²) in [5.74, 6) is 1.41. The maximum Gasteiger partial charge on any atom is 0.0669 e. The number of carboxylic acids is 1. The van der Waals surface area contributed by atoms with E-state index in [9.17, 15) is 9.90 Å². The molecule has 0 aliphatic heterocycles. The molecule has 0 saturated heterocycles. The zero-order valence-corrected chi connectivity index (χ0v) is 17.4. The first-order chi connectivity index (χ1) is 12.9. The largest absolute Gasteiger partial charge is 0.545 e. The number of fused-ring (bicyclic) bond motifs is 1. The number of hydrogen-bond donors (Lipinski definition) is 0. The first-order valence-electron chi connectivity index (χ1n) is 10.5. The molecule has 2 nitrogen and oxygen atoms in total. The molecule has 0 aromatic heterocycles. The standard InChI is InChI=1S/C25H34O2/c1-6-19-14-21(20-11-9-8-10-12-20)25(7-2,15-18(5)24(26)27)23-17(4)13-16(3)22(19)23/h8-12,14-17,21-23H,6-7,13H2,1-5H3,(H,26,27)/p-1/b18-15+/t16-,17-,21+,22+,23-,25+/m1/s1. The smallest absolute Gasteiger partial charge is 0.0669 e. The third-order valence-electron chi connectivity index (χ3n) is 7.35. The van der Waals surface area contributed by atoms with Gasteiger partial charge in [0.1, 0.15) is 0 Å². The molecule has 1 aromatic carbocycles. The van der Waals surface area contributed by atoms with Gasteiger partial charge in [0.2, 0.25) is 0 Å². The zero-order chi connectivity index (χ0) is 19.8. The van der Waals surface area contributed by atoms with Crippen LogP contribution in [0.15, 0.2) is 53.6 Å². The number of hydrogen-bond acceptors (Lipinski definition) is 2. The molecule has 0 heterocycles. The Bertz CT molecular complexity index is 745. The molecular weight excluding hydrogens is 332 g/mol. The van der Waals surface area contributed by atoms with E-state index in [4.69, 9.17) is 0 Å². The lowest BCUT2D eigenvalue weighted by molar-refractivity contribution is -0.299. The monoisotopic (exact) mass is 365 g/mol. The van der Waals surface area contributed by atoms with Gasteiger partial charge in [-0.25, -0.2) is 0 Å². The minimum Gasteiger partial charge on any atom is -0.545 e. The van der Waals surface area contributed by atoms with Crippen LogP contribution in [0.1, 0.15) is 65.4 Å². The van der Waals surface area contributed by atoms with Gasteiger partial charge in [-0.05, 0) is 61.0 Å². The molecule has 27 heavy (non-hydrogen) atoms. The number of allylic oxidation sites excluding steroid dienone is 3. The molecule has 6 atom stereocenters. The molecule has 1 saturated carbocycles. The van der Waals surface area contributed by atoms with Gasteiger partial charge in [0.25, 0.3) is 0 Å². The maximum atomic E-state index is 11.6. The van der Waals surface area contributed by atoms with E-state index in [0.29, 0.717) is 29.2 Å². The minimum atomic E-state index is -1.05. The summed E-state index contributed by atoms with van der Waals surface area (Å²) >= 11 is 0. The molecule has 1 aromatic rings. The lowest BCUT2D eigenvalue weighted by atomic mass is 9.52. The second-order valence-corrected chi connectivity index (χ2v) is 8.81. The first kappa shape index (κ1) is 19.9. The van der Waals surface area contributed by atoms with Crippen LogP contribution in [-0.2, 0) is 4.79 Å². The van der Waals surface area contributed by atoms with Crippen LogP contribution in [0.2, 0.25) is 0 Å². The van der Waals surface area contributed by atoms with Gasteiger partial charge >= 0.3 is 0 Å². The van der Waals surface area contributed by atoms with E-state index < -0.39 is 5.97 Å². The number of aliphatic carboxylic acids is 1. The molecule has 0 N–H and O–H groups in total. The predicted molar refractivity (Wildman–Crippen MR) is 109 cm³/mol. The molecule has 0 amide bonds. The third-order valence-corrected chi connectivity index (χ3v) is 7.35. The fourth-order valence-corrected chi connectivity index (χ4v) is 6.36. The SMILES string of the molecule is CCC1=C[C@@H](c2ccccc2)[C@@](/C=C(\C)C(=O)[O-])(CC)[C@H]2[C@H]1[C@H](C)C[C@H]2C. The molecule has 0 radical (unpaired) electrons. The van der Waals surface area contributed by atoms with Crippen molar-refractivity contribution in [2.24, 2.45) is 29.1 Å². The van der Waals surface area contributed by atoms with Gasteiger partial charge in [-0.3, -0.25) is 0 Å². The van der Waals surface area contributed by atoms with Crippen molar-refractivity contribution in [3.05, 3.63) is 59.2 Å². The van der Waals surface area contributed by atoms with Crippen molar-refractivity contribution in [2.45, 2.75) is 59.8 Å². The minimum absolute atomic E-state index is 0.182. The third kappa shape index (κ3) is 3.28. The molecule has 3 rings (SSSR count). The summed E-state index contributed by atoms with van der Waals surface area (Å²) in [6.45, 7) is 10.9. The molecular formula is C25H33O2-. The Labute approximate surface area is 164 Å². The summed E-state index contributed by atoms with van der Waals surface area (Å²) in [6, 6.07) is 10.6. The molecule has 2 heteroatoms.